The Morgan fingerprint density at radius 2 is 0.737 bits per heavy atom. The summed E-state index contributed by atoms with van der Waals surface area (Å²) in [5, 5.41) is 23.8. The molecular weight excluding hydrogens is 707 g/mol. The van der Waals surface area contributed by atoms with Gasteiger partial charge in [0.25, 0.3) is 0 Å². The van der Waals surface area contributed by atoms with Gasteiger partial charge in [0, 0.05) is 6.42 Å². The van der Waals surface area contributed by atoms with Gasteiger partial charge in [0.2, 0.25) is 5.91 Å². The molecule has 340 valence electrons. The van der Waals surface area contributed by atoms with Crippen molar-refractivity contribution in [3.8, 4) is 0 Å². The number of carbonyl (C=O) groups is 2. The van der Waals surface area contributed by atoms with Crippen molar-refractivity contribution in [1.82, 2.24) is 5.32 Å². The predicted octanol–water partition coefficient (Wildman–Crippen LogP) is 15.2. The average molecular weight is 808 g/mol. The van der Waals surface area contributed by atoms with Gasteiger partial charge in [0.1, 0.15) is 6.10 Å². The number of aliphatic hydroxyl groups is 2. The number of hydrogen-bond acceptors (Lipinski definition) is 5. The maximum Gasteiger partial charge on any atom is 0.306 e. The van der Waals surface area contributed by atoms with E-state index in [9.17, 15) is 19.8 Å². The second-order valence-corrected chi connectivity index (χ2v) is 17.9. The molecule has 0 saturated carbocycles. The highest BCUT2D eigenvalue weighted by Gasteiger charge is 2.24. The fourth-order valence-electron chi connectivity index (χ4n) is 8.26. The second kappa shape index (κ2) is 45.9. The van der Waals surface area contributed by atoms with E-state index in [2.05, 4.69) is 26.1 Å². The maximum atomic E-state index is 13.2. The lowest BCUT2D eigenvalue weighted by Gasteiger charge is -2.24. The van der Waals surface area contributed by atoms with Gasteiger partial charge >= 0.3 is 5.97 Å². The van der Waals surface area contributed by atoms with Gasteiger partial charge in [0.05, 0.1) is 25.2 Å². The van der Waals surface area contributed by atoms with E-state index < -0.39 is 18.2 Å². The van der Waals surface area contributed by atoms with Crippen molar-refractivity contribution < 1.29 is 24.5 Å². The van der Waals surface area contributed by atoms with Crippen molar-refractivity contribution >= 4 is 11.9 Å². The molecule has 0 aliphatic carbocycles. The Morgan fingerprint density at radius 3 is 1.07 bits per heavy atom. The molecule has 6 heteroatoms. The molecule has 0 bridgehead atoms. The summed E-state index contributed by atoms with van der Waals surface area (Å²) in [6.07, 6.45) is 48.7. The van der Waals surface area contributed by atoms with E-state index in [0.717, 1.165) is 44.9 Å². The van der Waals surface area contributed by atoms with E-state index in [1.165, 1.54) is 199 Å². The summed E-state index contributed by atoms with van der Waals surface area (Å²) in [5.74, 6) is -0.453. The number of aliphatic hydroxyl groups excluding tert-OH is 2. The molecule has 1 amide bonds. The zero-order valence-electron chi connectivity index (χ0n) is 38.8. The van der Waals surface area contributed by atoms with Crippen LogP contribution in [0.3, 0.4) is 0 Å². The monoisotopic (exact) mass is 808 g/mol. The van der Waals surface area contributed by atoms with Crippen LogP contribution in [0.2, 0.25) is 0 Å². The summed E-state index contributed by atoms with van der Waals surface area (Å²) in [4.78, 5) is 26.1. The van der Waals surface area contributed by atoms with Crippen LogP contribution >= 0.6 is 0 Å². The molecule has 0 radical (unpaired) electrons. The highest BCUT2D eigenvalue weighted by Crippen LogP contribution is 2.19. The predicted molar refractivity (Wildman–Crippen MR) is 246 cm³/mol. The molecule has 0 saturated heterocycles. The van der Waals surface area contributed by atoms with Crippen LogP contribution in [0.25, 0.3) is 0 Å². The van der Waals surface area contributed by atoms with E-state index >= 15 is 0 Å². The van der Waals surface area contributed by atoms with Gasteiger partial charge in [-0.15, -0.1) is 0 Å². The lowest BCUT2D eigenvalue weighted by Crippen LogP contribution is -2.46. The smallest absolute Gasteiger partial charge is 0.306 e. The number of rotatable bonds is 47. The summed E-state index contributed by atoms with van der Waals surface area (Å²) in [6, 6.07) is -0.691. The van der Waals surface area contributed by atoms with Crippen LogP contribution in [0, 0.1) is 0 Å². The van der Waals surface area contributed by atoms with Crippen LogP contribution in [0.4, 0.5) is 0 Å². The topological polar surface area (TPSA) is 95.9 Å². The maximum absolute atomic E-state index is 13.2. The summed E-state index contributed by atoms with van der Waals surface area (Å²) >= 11 is 0. The van der Waals surface area contributed by atoms with E-state index in [4.69, 9.17) is 4.74 Å². The quantitative estimate of drug-likeness (QED) is 0.0420. The molecule has 0 aromatic carbocycles. The van der Waals surface area contributed by atoms with Crippen LogP contribution in [-0.2, 0) is 14.3 Å². The fraction of sp³-hybridized carbons (Fsp3) is 0.961. The minimum atomic E-state index is -0.778. The van der Waals surface area contributed by atoms with Crippen LogP contribution in [0.15, 0.2) is 0 Å². The highest BCUT2D eigenvalue weighted by molar-refractivity contribution is 5.77. The first kappa shape index (κ1) is 55.9. The Bertz CT molecular complexity index is 821. The largest absolute Gasteiger partial charge is 0.462 e. The number of ether oxygens (including phenoxy) is 1. The van der Waals surface area contributed by atoms with Gasteiger partial charge in [-0.1, -0.05) is 252 Å². The number of nitrogens with one attached hydrogen (secondary N) is 1. The first-order valence-electron chi connectivity index (χ1n) is 25.8. The van der Waals surface area contributed by atoms with Gasteiger partial charge in [-0.3, -0.25) is 9.59 Å². The summed E-state index contributed by atoms with van der Waals surface area (Å²) < 4.78 is 5.93. The number of esters is 1. The van der Waals surface area contributed by atoms with Gasteiger partial charge in [-0.25, -0.2) is 0 Å². The van der Waals surface area contributed by atoms with Gasteiger partial charge in [0.15, 0.2) is 0 Å². The standard InChI is InChI=1S/C51H101NO5/c1-4-7-10-13-16-19-22-24-26-29-31-34-37-40-43-49(54)48(46-53)52-50(55)45-47(42-39-36-33-30-28-25-23-20-17-14-11-8-5-2)57-51(56)44-41-38-35-32-27-21-18-15-12-9-6-3/h47-49,53-54H,4-46H2,1-3H3,(H,52,55). The minimum Gasteiger partial charge on any atom is -0.462 e. The van der Waals surface area contributed by atoms with Crippen molar-refractivity contribution in [2.24, 2.45) is 0 Å². The molecule has 0 rings (SSSR count). The Balaban J connectivity index is 4.49. The van der Waals surface area contributed by atoms with E-state index in [-0.39, 0.29) is 24.9 Å². The van der Waals surface area contributed by atoms with Crippen molar-refractivity contribution in [3.63, 3.8) is 0 Å². The Morgan fingerprint density at radius 1 is 0.439 bits per heavy atom. The first-order chi connectivity index (χ1) is 28.0. The fourth-order valence-corrected chi connectivity index (χ4v) is 8.26. The average Bonchev–Trinajstić information content (AvgIpc) is 3.20. The van der Waals surface area contributed by atoms with Crippen LogP contribution < -0.4 is 5.32 Å². The summed E-state index contributed by atoms with van der Waals surface area (Å²) in [7, 11) is 0. The molecule has 0 aromatic heterocycles. The van der Waals surface area contributed by atoms with E-state index in [1.807, 2.05) is 0 Å². The third-order valence-corrected chi connectivity index (χ3v) is 12.2. The molecule has 0 fully saturated rings. The first-order valence-corrected chi connectivity index (χ1v) is 25.8. The highest BCUT2D eigenvalue weighted by atomic mass is 16.5. The van der Waals surface area contributed by atoms with Crippen molar-refractivity contribution in [3.05, 3.63) is 0 Å². The van der Waals surface area contributed by atoms with Crippen molar-refractivity contribution in [2.75, 3.05) is 6.61 Å². The zero-order valence-corrected chi connectivity index (χ0v) is 38.8. The SMILES string of the molecule is CCCCCCCCCCCCCCCCC(O)C(CO)NC(=O)CC(CCCCCCCCCCCCCCC)OC(=O)CCCCCCCCCCCCC. The molecular formula is C51H101NO5. The molecule has 0 aromatic rings. The molecule has 3 atom stereocenters. The van der Waals surface area contributed by atoms with E-state index in [1.54, 1.807) is 0 Å². The zero-order chi connectivity index (χ0) is 41.7. The Kier molecular flexibility index (Phi) is 45.0. The van der Waals surface area contributed by atoms with E-state index in [0.29, 0.717) is 19.3 Å². The third kappa shape index (κ3) is 41.4. The van der Waals surface area contributed by atoms with Gasteiger partial charge < -0.3 is 20.3 Å². The lowest BCUT2D eigenvalue weighted by atomic mass is 10.0. The van der Waals surface area contributed by atoms with Crippen LogP contribution in [0.1, 0.15) is 290 Å². The number of amides is 1. The third-order valence-electron chi connectivity index (χ3n) is 12.2. The molecule has 0 aliphatic heterocycles. The Hall–Kier alpha value is -1.14. The molecule has 0 spiro atoms. The van der Waals surface area contributed by atoms with Crippen molar-refractivity contribution in [1.29, 1.82) is 0 Å². The number of carbonyl (C=O) groups excluding carboxylic acids is 2. The summed E-state index contributed by atoms with van der Waals surface area (Å²) in [5.41, 5.74) is 0. The molecule has 57 heavy (non-hydrogen) atoms. The molecule has 0 aliphatic rings. The number of hydrogen-bond donors (Lipinski definition) is 3. The normalized spacial score (nSPS) is 13.1. The summed E-state index contributed by atoms with van der Waals surface area (Å²) in [6.45, 7) is 6.50. The lowest BCUT2D eigenvalue weighted by molar-refractivity contribution is -0.151. The molecule has 3 unspecified atom stereocenters. The minimum absolute atomic E-state index is 0.0876. The molecule has 3 N–H and O–H groups in total. The van der Waals surface area contributed by atoms with Crippen LogP contribution in [0.5, 0.6) is 0 Å². The number of unbranched alkanes of at least 4 members (excludes halogenated alkanes) is 35. The molecule has 6 nitrogen and oxygen atoms in total. The Labute approximate surface area is 356 Å². The van der Waals surface area contributed by atoms with Crippen molar-refractivity contribution in [2.45, 2.75) is 309 Å². The van der Waals surface area contributed by atoms with Gasteiger partial charge in [-0.05, 0) is 25.7 Å². The van der Waals surface area contributed by atoms with Gasteiger partial charge in [-0.2, -0.15) is 0 Å². The van der Waals surface area contributed by atoms with Crippen LogP contribution in [-0.4, -0.2) is 46.9 Å². The molecule has 0 heterocycles. The second-order valence-electron chi connectivity index (χ2n) is 17.9.